The lowest BCUT2D eigenvalue weighted by Crippen LogP contribution is -2.49. The molecule has 3 rings (SSSR count). The van der Waals surface area contributed by atoms with Crippen LogP contribution in [0.25, 0.3) is 11.0 Å². The molecule has 0 bridgehead atoms. The highest BCUT2D eigenvalue weighted by Gasteiger charge is 2.25. The number of nitrogens with zero attached hydrogens (tertiary/aromatic N) is 2. The Balaban J connectivity index is 1.95. The van der Waals surface area contributed by atoms with E-state index in [0.717, 1.165) is 24.7 Å². The molecule has 4 nitrogen and oxygen atoms in total. The average Bonchev–Trinajstić information content (AvgIpc) is 2.86. The van der Waals surface area contributed by atoms with E-state index in [1.165, 1.54) is 17.5 Å². The summed E-state index contributed by atoms with van der Waals surface area (Å²) in [4.78, 5) is 9.92. The lowest BCUT2D eigenvalue weighted by Gasteiger charge is -2.38. The van der Waals surface area contributed by atoms with Gasteiger partial charge in [-0.05, 0) is 31.0 Å². The van der Waals surface area contributed by atoms with Crippen molar-refractivity contribution in [2.45, 2.75) is 19.4 Å². The lowest BCUT2D eigenvalue weighted by atomic mass is 9.93. The van der Waals surface area contributed by atoms with Crippen LogP contribution in [-0.4, -0.2) is 36.1 Å². The lowest BCUT2D eigenvalue weighted by molar-refractivity contribution is 0.339. The molecule has 2 aromatic rings. The summed E-state index contributed by atoms with van der Waals surface area (Å²) in [5, 5.41) is 4.70. The van der Waals surface area contributed by atoms with Gasteiger partial charge in [-0.3, -0.25) is 0 Å². The zero-order valence-corrected chi connectivity index (χ0v) is 11.0. The smallest absolute Gasteiger partial charge is 0.139 e. The number of aromatic amines is 1. The number of nitrogens with one attached hydrogen (secondary N) is 2. The molecule has 2 atom stereocenters. The number of fused-ring (bicyclic) bond motifs is 1. The van der Waals surface area contributed by atoms with Crippen molar-refractivity contribution in [3.05, 3.63) is 24.5 Å². The van der Waals surface area contributed by atoms with Gasteiger partial charge in [0.25, 0.3) is 0 Å². The van der Waals surface area contributed by atoms with Crippen molar-refractivity contribution < 1.29 is 0 Å². The molecule has 0 spiro atoms. The van der Waals surface area contributed by atoms with Crippen LogP contribution in [0.15, 0.2) is 24.5 Å². The quantitative estimate of drug-likeness (QED) is 0.849. The third kappa shape index (κ3) is 1.86. The van der Waals surface area contributed by atoms with Crippen LogP contribution in [0.3, 0.4) is 0 Å². The highest BCUT2D eigenvalue weighted by Crippen LogP contribution is 2.28. The first-order chi connectivity index (χ1) is 8.77. The van der Waals surface area contributed by atoms with Gasteiger partial charge in [-0.2, -0.15) is 0 Å². The minimum Gasteiger partial charge on any atom is -0.369 e. The maximum atomic E-state index is 4.35. The minimum absolute atomic E-state index is 0.555. The molecule has 2 aromatic heterocycles. The predicted molar refractivity (Wildman–Crippen MR) is 74.9 cm³/mol. The van der Waals surface area contributed by atoms with Gasteiger partial charge in [-0.15, -0.1) is 0 Å². The maximum absolute atomic E-state index is 4.35. The topological polar surface area (TPSA) is 44.0 Å². The SMILES string of the molecule is CC1CCNCC1N(C)c1ccnc2[nH]ccc12. The summed E-state index contributed by atoms with van der Waals surface area (Å²) in [6.07, 6.45) is 5.08. The number of aromatic nitrogens is 2. The molecule has 1 fully saturated rings. The third-order valence-electron chi connectivity index (χ3n) is 4.10. The van der Waals surface area contributed by atoms with Crippen molar-refractivity contribution in [3.63, 3.8) is 0 Å². The van der Waals surface area contributed by atoms with Gasteiger partial charge in [0, 0.05) is 43.1 Å². The molecule has 18 heavy (non-hydrogen) atoms. The van der Waals surface area contributed by atoms with Gasteiger partial charge in [0.1, 0.15) is 5.65 Å². The normalized spacial score (nSPS) is 24.3. The first-order valence-electron chi connectivity index (χ1n) is 6.63. The molecule has 0 aliphatic carbocycles. The molecular weight excluding hydrogens is 224 g/mol. The van der Waals surface area contributed by atoms with Crippen LogP contribution in [-0.2, 0) is 0 Å². The fourth-order valence-corrected chi connectivity index (χ4v) is 2.92. The zero-order valence-electron chi connectivity index (χ0n) is 11.0. The Hall–Kier alpha value is -1.55. The van der Waals surface area contributed by atoms with Crippen LogP contribution in [0.1, 0.15) is 13.3 Å². The van der Waals surface area contributed by atoms with Crippen LogP contribution in [0.5, 0.6) is 0 Å². The molecule has 2 unspecified atom stereocenters. The van der Waals surface area contributed by atoms with Crippen molar-refractivity contribution in [1.29, 1.82) is 0 Å². The van der Waals surface area contributed by atoms with Gasteiger partial charge in [0.15, 0.2) is 0 Å². The Morgan fingerprint density at radius 2 is 2.28 bits per heavy atom. The second-order valence-electron chi connectivity index (χ2n) is 5.22. The van der Waals surface area contributed by atoms with E-state index in [9.17, 15) is 0 Å². The molecule has 3 heterocycles. The molecule has 1 aliphatic heterocycles. The molecule has 1 saturated heterocycles. The van der Waals surface area contributed by atoms with E-state index in [4.69, 9.17) is 0 Å². The van der Waals surface area contributed by atoms with Crippen LogP contribution in [0.2, 0.25) is 0 Å². The number of rotatable bonds is 2. The second-order valence-corrected chi connectivity index (χ2v) is 5.22. The molecule has 0 saturated carbocycles. The van der Waals surface area contributed by atoms with Gasteiger partial charge in [-0.25, -0.2) is 4.98 Å². The van der Waals surface area contributed by atoms with E-state index >= 15 is 0 Å². The molecule has 1 aliphatic rings. The Bertz CT molecular complexity index is 533. The zero-order chi connectivity index (χ0) is 12.5. The molecule has 4 heteroatoms. The standard InChI is InChI=1S/C14H20N4/c1-10-3-6-15-9-13(10)18(2)12-5-8-17-14-11(12)4-7-16-14/h4-5,7-8,10,13,15H,3,6,9H2,1-2H3,(H,16,17). The largest absolute Gasteiger partial charge is 0.369 e. The summed E-state index contributed by atoms with van der Waals surface area (Å²) in [6, 6.07) is 4.77. The molecule has 0 amide bonds. The summed E-state index contributed by atoms with van der Waals surface area (Å²) in [5.74, 6) is 0.721. The number of H-pyrrole nitrogens is 1. The summed E-state index contributed by atoms with van der Waals surface area (Å²) in [6.45, 7) is 4.55. The average molecular weight is 244 g/mol. The van der Waals surface area contributed by atoms with Crippen LogP contribution in [0, 0.1) is 5.92 Å². The van der Waals surface area contributed by atoms with Crippen molar-refractivity contribution in [2.75, 3.05) is 25.0 Å². The van der Waals surface area contributed by atoms with Gasteiger partial charge >= 0.3 is 0 Å². The number of anilines is 1. The fourth-order valence-electron chi connectivity index (χ4n) is 2.92. The van der Waals surface area contributed by atoms with Crippen molar-refractivity contribution in [2.24, 2.45) is 5.92 Å². The summed E-state index contributed by atoms with van der Waals surface area (Å²) in [7, 11) is 2.19. The molecule has 96 valence electrons. The number of pyridine rings is 1. The first-order valence-corrected chi connectivity index (χ1v) is 6.63. The number of hydrogen-bond acceptors (Lipinski definition) is 3. The predicted octanol–water partition coefficient (Wildman–Crippen LogP) is 2.00. The van der Waals surface area contributed by atoms with E-state index in [-0.39, 0.29) is 0 Å². The van der Waals surface area contributed by atoms with Gasteiger partial charge in [-0.1, -0.05) is 6.92 Å². The van der Waals surface area contributed by atoms with Crippen LogP contribution >= 0.6 is 0 Å². The minimum atomic E-state index is 0.555. The molecule has 0 aromatic carbocycles. The van der Waals surface area contributed by atoms with E-state index in [1.54, 1.807) is 0 Å². The van der Waals surface area contributed by atoms with Gasteiger partial charge < -0.3 is 15.2 Å². The van der Waals surface area contributed by atoms with Crippen molar-refractivity contribution in [3.8, 4) is 0 Å². The summed E-state index contributed by atoms with van der Waals surface area (Å²) < 4.78 is 0. The molecular formula is C14H20N4. The van der Waals surface area contributed by atoms with Crippen LogP contribution < -0.4 is 10.2 Å². The first kappa shape index (κ1) is 11.5. The fraction of sp³-hybridized carbons (Fsp3) is 0.500. The van der Waals surface area contributed by atoms with Crippen molar-refractivity contribution >= 4 is 16.7 Å². The van der Waals surface area contributed by atoms with Gasteiger partial charge in [0.05, 0.1) is 0 Å². The summed E-state index contributed by atoms with van der Waals surface area (Å²) >= 11 is 0. The van der Waals surface area contributed by atoms with Crippen LogP contribution in [0.4, 0.5) is 5.69 Å². The number of piperidine rings is 1. The molecule has 2 N–H and O–H groups in total. The second kappa shape index (κ2) is 4.61. The van der Waals surface area contributed by atoms with Gasteiger partial charge in [0.2, 0.25) is 0 Å². The number of hydrogen-bond donors (Lipinski definition) is 2. The van der Waals surface area contributed by atoms with E-state index in [0.29, 0.717) is 6.04 Å². The molecule has 0 radical (unpaired) electrons. The van der Waals surface area contributed by atoms with E-state index < -0.39 is 0 Å². The summed E-state index contributed by atoms with van der Waals surface area (Å²) in [5.41, 5.74) is 2.23. The number of likely N-dealkylation sites (N-methyl/N-ethyl adjacent to an activating group) is 1. The monoisotopic (exact) mass is 244 g/mol. The highest BCUT2D eigenvalue weighted by atomic mass is 15.2. The Labute approximate surface area is 107 Å². The van der Waals surface area contributed by atoms with E-state index in [1.807, 2.05) is 12.4 Å². The Kier molecular flexibility index (Phi) is 2.96. The highest BCUT2D eigenvalue weighted by molar-refractivity contribution is 5.89. The van der Waals surface area contributed by atoms with Crippen molar-refractivity contribution in [1.82, 2.24) is 15.3 Å². The van der Waals surface area contributed by atoms with E-state index in [2.05, 4.69) is 46.3 Å². The Morgan fingerprint density at radius 1 is 1.39 bits per heavy atom. The Morgan fingerprint density at radius 3 is 3.11 bits per heavy atom. The third-order valence-corrected chi connectivity index (χ3v) is 4.10. The maximum Gasteiger partial charge on any atom is 0.139 e.